The number of hydrogen-bond acceptors (Lipinski definition) is 7. The molecular weight excluding hydrogens is 490 g/mol. The number of nitrogens with zero attached hydrogens (tertiary/aromatic N) is 4. The molecule has 2 fully saturated rings. The molecule has 8 nitrogen and oxygen atoms in total. The molecule has 2 aromatic heterocycles. The molecule has 1 N–H and O–H groups in total. The lowest BCUT2D eigenvalue weighted by atomic mass is 9.70. The van der Waals surface area contributed by atoms with Crippen LogP contribution in [0.25, 0.3) is 0 Å². The SMILES string of the molecule is CC1(C#N)OCCc2cc(C(=O)NCc3cc(C4CC(c5cccc(N6CCOCC6)n5)C4)ccn3)ccc21. The predicted molar refractivity (Wildman–Crippen MR) is 146 cm³/mol. The van der Waals surface area contributed by atoms with Crippen molar-refractivity contribution in [1.29, 1.82) is 5.26 Å². The topological polar surface area (TPSA) is 100 Å². The van der Waals surface area contributed by atoms with Crippen LogP contribution < -0.4 is 10.2 Å². The third-order valence-electron chi connectivity index (χ3n) is 8.25. The van der Waals surface area contributed by atoms with Gasteiger partial charge in [-0.05, 0) is 79.6 Å². The highest BCUT2D eigenvalue weighted by atomic mass is 16.5. The molecular formula is C31H33N5O3. The van der Waals surface area contributed by atoms with E-state index in [0.29, 0.717) is 37.0 Å². The molecule has 3 aliphatic rings. The first kappa shape index (κ1) is 25.5. The number of fused-ring (bicyclic) bond motifs is 1. The zero-order valence-corrected chi connectivity index (χ0v) is 22.2. The Morgan fingerprint density at radius 3 is 2.79 bits per heavy atom. The molecule has 0 radical (unpaired) electrons. The second-order valence-electron chi connectivity index (χ2n) is 10.8. The zero-order chi connectivity index (χ0) is 26.8. The number of ether oxygens (including phenoxy) is 2. The molecule has 1 amide bonds. The number of aromatic nitrogens is 2. The molecule has 1 unspecified atom stereocenters. The van der Waals surface area contributed by atoms with E-state index >= 15 is 0 Å². The van der Waals surface area contributed by atoms with Gasteiger partial charge in [-0.2, -0.15) is 5.26 Å². The smallest absolute Gasteiger partial charge is 0.251 e. The standard InChI is InChI=1S/C31H33N5O3/c1-31(20-32)27-6-5-23(15-22(27)8-12-39-31)30(37)34-19-26-18-21(7-9-33-26)24-16-25(17-24)28-3-2-4-29(35-28)36-10-13-38-14-11-36/h2-7,9,15,18,24-25H,8,10-14,16-17,19H2,1H3,(H,34,37). The number of morpholine rings is 1. The van der Waals surface area contributed by atoms with Gasteiger partial charge in [-0.15, -0.1) is 0 Å². The van der Waals surface area contributed by atoms with Gasteiger partial charge in [0.1, 0.15) is 11.9 Å². The summed E-state index contributed by atoms with van der Waals surface area (Å²) >= 11 is 0. The Balaban J connectivity index is 1.06. The summed E-state index contributed by atoms with van der Waals surface area (Å²) in [4.78, 5) is 24.7. The minimum atomic E-state index is -0.963. The quantitative estimate of drug-likeness (QED) is 0.516. The van der Waals surface area contributed by atoms with Crippen LogP contribution in [0.1, 0.15) is 70.0 Å². The monoisotopic (exact) mass is 523 g/mol. The second kappa shape index (κ2) is 10.8. The van der Waals surface area contributed by atoms with Crippen molar-refractivity contribution < 1.29 is 14.3 Å². The summed E-state index contributed by atoms with van der Waals surface area (Å²) in [6.45, 7) is 5.90. The number of hydrogen-bond donors (Lipinski definition) is 1. The summed E-state index contributed by atoms with van der Waals surface area (Å²) in [6.07, 6.45) is 4.65. The number of benzene rings is 1. The van der Waals surface area contributed by atoms with Crippen molar-refractivity contribution in [1.82, 2.24) is 15.3 Å². The van der Waals surface area contributed by atoms with Gasteiger partial charge < -0.3 is 19.7 Å². The van der Waals surface area contributed by atoms with Crippen molar-refractivity contribution in [3.63, 3.8) is 0 Å². The molecule has 3 aromatic rings. The fourth-order valence-electron chi connectivity index (χ4n) is 5.83. The number of carbonyl (C=O) groups is 1. The fraction of sp³-hybridized carbons (Fsp3) is 0.419. The second-order valence-corrected chi connectivity index (χ2v) is 10.8. The summed E-state index contributed by atoms with van der Waals surface area (Å²) in [6, 6.07) is 18.3. The van der Waals surface area contributed by atoms with Crippen molar-refractivity contribution in [2.24, 2.45) is 0 Å². The first-order chi connectivity index (χ1) is 19.0. The lowest BCUT2D eigenvalue weighted by molar-refractivity contribution is -0.00202. The predicted octanol–water partition coefficient (Wildman–Crippen LogP) is 4.22. The van der Waals surface area contributed by atoms with E-state index < -0.39 is 5.60 Å². The highest BCUT2D eigenvalue weighted by Gasteiger charge is 2.34. The molecule has 39 heavy (non-hydrogen) atoms. The van der Waals surface area contributed by atoms with E-state index in [2.05, 4.69) is 51.6 Å². The fourth-order valence-corrected chi connectivity index (χ4v) is 5.83. The number of rotatable bonds is 6. The van der Waals surface area contributed by atoms with Crippen LogP contribution in [0, 0.1) is 11.3 Å². The maximum absolute atomic E-state index is 12.9. The van der Waals surface area contributed by atoms with Gasteiger partial charge in [0.25, 0.3) is 5.91 Å². The van der Waals surface area contributed by atoms with E-state index in [9.17, 15) is 10.1 Å². The Hall–Kier alpha value is -3.80. The number of anilines is 1. The highest BCUT2D eigenvalue weighted by molar-refractivity contribution is 5.94. The molecule has 0 spiro atoms. The third kappa shape index (κ3) is 5.25. The molecule has 2 aliphatic heterocycles. The highest BCUT2D eigenvalue weighted by Crippen LogP contribution is 2.47. The maximum Gasteiger partial charge on any atom is 0.251 e. The van der Waals surface area contributed by atoms with Gasteiger partial charge in [-0.25, -0.2) is 4.98 Å². The van der Waals surface area contributed by atoms with Crippen LogP contribution in [0.15, 0.2) is 54.7 Å². The number of amides is 1. The number of pyridine rings is 2. The van der Waals surface area contributed by atoms with E-state index in [1.165, 1.54) is 11.3 Å². The molecule has 8 heteroatoms. The van der Waals surface area contributed by atoms with Crippen LogP contribution in [0.5, 0.6) is 0 Å². The maximum atomic E-state index is 12.9. The lowest BCUT2D eigenvalue weighted by Crippen LogP contribution is -2.37. The molecule has 4 heterocycles. The van der Waals surface area contributed by atoms with E-state index in [4.69, 9.17) is 14.5 Å². The van der Waals surface area contributed by atoms with Crippen molar-refractivity contribution >= 4 is 11.7 Å². The van der Waals surface area contributed by atoms with Gasteiger partial charge >= 0.3 is 0 Å². The molecule has 0 bridgehead atoms. The van der Waals surface area contributed by atoms with Crippen LogP contribution >= 0.6 is 0 Å². The van der Waals surface area contributed by atoms with Crippen molar-refractivity contribution in [3.05, 3.63) is 88.4 Å². The first-order valence-electron chi connectivity index (χ1n) is 13.7. The van der Waals surface area contributed by atoms with E-state index in [1.807, 2.05) is 18.3 Å². The normalized spacial score (nSPS) is 24.3. The Labute approximate surface area is 229 Å². The molecule has 1 atom stereocenters. The van der Waals surface area contributed by atoms with Crippen LogP contribution in [-0.2, 0) is 28.0 Å². The average Bonchev–Trinajstić information content (AvgIpc) is 2.96. The van der Waals surface area contributed by atoms with E-state index in [-0.39, 0.29) is 5.91 Å². The van der Waals surface area contributed by atoms with E-state index in [0.717, 1.165) is 61.8 Å². The van der Waals surface area contributed by atoms with Gasteiger partial charge in [0.2, 0.25) is 0 Å². The van der Waals surface area contributed by atoms with Crippen molar-refractivity contribution in [3.8, 4) is 6.07 Å². The Morgan fingerprint density at radius 2 is 1.97 bits per heavy atom. The molecule has 200 valence electrons. The first-order valence-corrected chi connectivity index (χ1v) is 13.7. The van der Waals surface area contributed by atoms with Crippen LogP contribution in [0.3, 0.4) is 0 Å². The van der Waals surface area contributed by atoms with Crippen molar-refractivity contribution in [2.75, 3.05) is 37.8 Å². The van der Waals surface area contributed by atoms with Gasteiger partial charge in [0.15, 0.2) is 5.60 Å². The van der Waals surface area contributed by atoms with Crippen molar-refractivity contribution in [2.45, 2.75) is 50.2 Å². The summed E-state index contributed by atoms with van der Waals surface area (Å²) in [5.41, 5.74) is 4.73. The Morgan fingerprint density at radius 1 is 1.13 bits per heavy atom. The average molecular weight is 524 g/mol. The third-order valence-corrected chi connectivity index (χ3v) is 8.25. The number of carbonyl (C=O) groups excluding carboxylic acids is 1. The zero-order valence-electron chi connectivity index (χ0n) is 22.2. The number of nitriles is 1. The molecule has 1 saturated heterocycles. The minimum Gasteiger partial charge on any atom is -0.378 e. The summed E-state index contributed by atoms with van der Waals surface area (Å²) in [5, 5.41) is 12.5. The Bertz CT molecular complexity index is 1410. The van der Waals surface area contributed by atoms with Gasteiger partial charge in [-0.1, -0.05) is 12.1 Å². The van der Waals surface area contributed by atoms with Gasteiger partial charge in [-0.3, -0.25) is 9.78 Å². The molecule has 6 rings (SSSR count). The van der Waals surface area contributed by atoms with Crippen LogP contribution in [0.2, 0.25) is 0 Å². The van der Waals surface area contributed by atoms with Crippen LogP contribution in [-0.4, -0.2) is 48.8 Å². The summed E-state index contributed by atoms with van der Waals surface area (Å²) in [7, 11) is 0. The Kier molecular flexibility index (Phi) is 7.03. The lowest BCUT2D eigenvalue weighted by Gasteiger charge is -2.36. The summed E-state index contributed by atoms with van der Waals surface area (Å²) in [5.74, 6) is 1.83. The summed E-state index contributed by atoms with van der Waals surface area (Å²) < 4.78 is 11.1. The van der Waals surface area contributed by atoms with Crippen LogP contribution in [0.4, 0.5) is 5.82 Å². The van der Waals surface area contributed by atoms with Gasteiger partial charge in [0, 0.05) is 42.0 Å². The van der Waals surface area contributed by atoms with Gasteiger partial charge in [0.05, 0.1) is 32.1 Å². The largest absolute Gasteiger partial charge is 0.378 e. The molecule has 1 aliphatic carbocycles. The molecule has 1 aromatic carbocycles. The minimum absolute atomic E-state index is 0.148. The molecule has 1 saturated carbocycles. The van der Waals surface area contributed by atoms with E-state index in [1.54, 1.807) is 13.0 Å². The number of nitrogens with one attached hydrogen (secondary N) is 1.